The Balaban J connectivity index is 3.54. The van der Waals surface area contributed by atoms with Gasteiger partial charge in [0.2, 0.25) is 0 Å². The molecule has 0 aromatic rings. The third kappa shape index (κ3) is 3.54. The number of hydrogen-bond donors (Lipinski definition) is 2. The van der Waals surface area contributed by atoms with E-state index >= 15 is 0 Å². The molecule has 0 rings (SSSR count). The minimum absolute atomic E-state index is 0.0571. The first-order valence-corrected chi connectivity index (χ1v) is 3.70. The summed E-state index contributed by atoms with van der Waals surface area (Å²) < 4.78 is 0. The van der Waals surface area contributed by atoms with Crippen LogP contribution in [-0.4, -0.2) is 24.1 Å². The van der Waals surface area contributed by atoms with E-state index in [2.05, 4.69) is 17.9 Å². The van der Waals surface area contributed by atoms with Crippen LogP contribution in [0.25, 0.3) is 0 Å². The molecule has 0 aromatic heterocycles. The van der Waals surface area contributed by atoms with Gasteiger partial charge in [0.25, 0.3) is 0 Å². The van der Waals surface area contributed by atoms with Crippen molar-refractivity contribution in [2.24, 2.45) is 0 Å². The SMILES string of the molecule is CCN[C@@H](CS)C(C)=O. The Kier molecular flexibility index (Phi) is 4.81. The molecule has 1 atom stereocenters. The number of Topliss-reactive ketones (excluding diaryl/α,β-unsaturated/α-hetero) is 1. The highest BCUT2D eigenvalue weighted by molar-refractivity contribution is 7.80. The lowest BCUT2D eigenvalue weighted by Crippen LogP contribution is -2.36. The molecule has 0 saturated heterocycles. The molecule has 1 N–H and O–H groups in total. The molecule has 0 spiro atoms. The molecule has 0 aromatic carbocycles. The van der Waals surface area contributed by atoms with Crippen molar-refractivity contribution >= 4 is 18.4 Å². The standard InChI is InChI=1S/C6H13NOS/c1-3-7-6(4-9)5(2)8/h6-7,9H,3-4H2,1-2H3/t6-/m0/s1. The van der Waals surface area contributed by atoms with Crippen LogP contribution in [-0.2, 0) is 4.79 Å². The van der Waals surface area contributed by atoms with Gasteiger partial charge >= 0.3 is 0 Å². The molecule has 0 unspecified atom stereocenters. The minimum atomic E-state index is -0.0571. The zero-order valence-electron chi connectivity index (χ0n) is 5.85. The molecule has 54 valence electrons. The van der Waals surface area contributed by atoms with Crippen molar-refractivity contribution in [1.82, 2.24) is 5.32 Å². The maximum Gasteiger partial charge on any atom is 0.147 e. The summed E-state index contributed by atoms with van der Waals surface area (Å²) in [6.45, 7) is 4.37. The Morgan fingerprint density at radius 1 is 1.78 bits per heavy atom. The van der Waals surface area contributed by atoms with Gasteiger partial charge in [0.05, 0.1) is 6.04 Å². The summed E-state index contributed by atoms with van der Waals surface area (Å²) in [6, 6.07) is -0.0571. The normalized spacial score (nSPS) is 13.2. The van der Waals surface area contributed by atoms with Crippen LogP contribution in [0.3, 0.4) is 0 Å². The van der Waals surface area contributed by atoms with Gasteiger partial charge in [0, 0.05) is 5.75 Å². The highest BCUT2D eigenvalue weighted by Crippen LogP contribution is 1.87. The monoisotopic (exact) mass is 147 g/mol. The number of carbonyl (C=O) groups excluding carboxylic acids is 1. The number of nitrogens with one attached hydrogen (secondary N) is 1. The van der Waals surface area contributed by atoms with Gasteiger partial charge in [-0.15, -0.1) is 0 Å². The summed E-state index contributed by atoms with van der Waals surface area (Å²) in [6.07, 6.45) is 0. The lowest BCUT2D eigenvalue weighted by atomic mass is 10.2. The summed E-state index contributed by atoms with van der Waals surface area (Å²) in [5.41, 5.74) is 0. The van der Waals surface area contributed by atoms with Crippen LogP contribution in [0.5, 0.6) is 0 Å². The number of hydrogen-bond acceptors (Lipinski definition) is 3. The molecular formula is C6H13NOS. The second-order valence-electron chi connectivity index (χ2n) is 1.90. The number of rotatable bonds is 4. The fourth-order valence-corrected chi connectivity index (χ4v) is 0.969. The van der Waals surface area contributed by atoms with Crippen molar-refractivity contribution < 1.29 is 4.79 Å². The summed E-state index contributed by atoms with van der Waals surface area (Å²) >= 11 is 4.01. The van der Waals surface area contributed by atoms with Gasteiger partial charge in [-0.1, -0.05) is 6.92 Å². The largest absolute Gasteiger partial charge is 0.307 e. The molecule has 0 fully saturated rings. The van der Waals surface area contributed by atoms with Crippen molar-refractivity contribution in [3.05, 3.63) is 0 Å². The van der Waals surface area contributed by atoms with Crippen molar-refractivity contribution in [3.63, 3.8) is 0 Å². The van der Waals surface area contributed by atoms with E-state index in [1.54, 1.807) is 6.92 Å². The van der Waals surface area contributed by atoms with Crippen LogP contribution < -0.4 is 5.32 Å². The molecule has 0 aliphatic rings. The molecular weight excluding hydrogens is 134 g/mol. The second kappa shape index (κ2) is 4.82. The fourth-order valence-electron chi connectivity index (χ4n) is 0.583. The van der Waals surface area contributed by atoms with Crippen LogP contribution in [0.15, 0.2) is 0 Å². The first-order chi connectivity index (χ1) is 4.22. The van der Waals surface area contributed by atoms with Gasteiger partial charge in [-0.3, -0.25) is 4.79 Å². The van der Waals surface area contributed by atoms with Gasteiger partial charge in [-0.2, -0.15) is 12.6 Å². The van der Waals surface area contributed by atoms with Crippen LogP contribution in [0.1, 0.15) is 13.8 Å². The minimum Gasteiger partial charge on any atom is -0.307 e. The van der Waals surface area contributed by atoms with Crippen molar-refractivity contribution in [2.45, 2.75) is 19.9 Å². The third-order valence-electron chi connectivity index (χ3n) is 1.12. The van der Waals surface area contributed by atoms with Gasteiger partial charge in [-0.25, -0.2) is 0 Å². The molecule has 0 radical (unpaired) electrons. The summed E-state index contributed by atoms with van der Waals surface area (Å²) in [4.78, 5) is 10.7. The zero-order chi connectivity index (χ0) is 7.28. The van der Waals surface area contributed by atoms with Crippen molar-refractivity contribution in [1.29, 1.82) is 0 Å². The van der Waals surface area contributed by atoms with E-state index < -0.39 is 0 Å². The number of thiol groups is 1. The third-order valence-corrected chi connectivity index (χ3v) is 1.49. The van der Waals surface area contributed by atoms with E-state index in [0.717, 1.165) is 6.54 Å². The van der Waals surface area contributed by atoms with E-state index in [1.165, 1.54) is 0 Å². The first kappa shape index (κ1) is 8.98. The quantitative estimate of drug-likeness (QED) is 0.566. The Labute approximate surface area is 61.4 Å². The highest BCUT2D eigenvalue weighted by Gasteiger charge is 2.08. The molecule has 0 aliphatic heterocycles. The molecule has 0 amide bonds. The molecule has 0 bridgehead atoms. The average molecular weight is 147 g/mol. The van der Waals surface area contributed by atoms with Crippen LogP contribution >= 0.6 is 12.6 Å². The zero-order valence-corrected chi connectivity index (χ0v) is 6.74. The van der Waals surface area contributed by atoms with Gasteiger partial charge < -0.3 is 5.32 Å². The molecule has 0 heterocycles. The van der Waals surface area contributed by atoms with E-state index in [1.807, 2.05) is 6.92 Å². The second-order valence-corrected chi connectivity index (χ2v) is 2.27. The van der Waals surface area contributed by atoms with E-state index in [9.17, 15) is 4.79 Å². The predicted molar refractivity (Wildman–Crippen MR) is 42.0 cm³/mol. The maximum atomic E-state index is 10.7. The summed E-state index contributed by atoms with van der Waals surface area (Å²) in [5, 5.41) is 3.01. The lowest BCUT2D eigenvalue weighted by molar-refractivity contribution is -0.118. The Morgan fingerprint density at radius 2 is 2.33 bits per heavy atom. The molecule has 0 aliphatic carbocycles. The Hall–Kier alpha value is -0.0200. The van der Waals surface area contributed by atoms with Crippen LogP contribution in [0.2, 0.25) is 0 Å². The number of carbonyl (C=O) groups is 1. The Bertz CT molecular complexity index is 95.1. The number of ketones is 1. The Morgan fingerprint density at radius 3 is 2.44 bits per heavy atom. The average Bonchev–Trinajstić information content (AvgIpc) is 1.82. The van der Waals surface area contributed by atoms with E-state index in [-0.39, 0.29) is 11.8 Å². The number of likely N-dealkylation sites (N-methyl/N-ethyl adjacent to an activating group) is 1. The van der Waals surface area contributed by atoms with Gasteiger partial charge in [-0.05, 0) is 13.5 Å². The highest BCUT2D eigenvalue weighted by atomic mass is 32.1. The molecule has 9 heavy (non-hydrogen) atoms. The first-order valence-electron chi connectivity index (χ1n) is 3.07. The molecule has 3 heteroatoms. The lowest BCUT2D eigenvalue weighted by Gasteiger charge is -2.09. The fraction of sp³-hybridized carbons (Fsp3) is 0.833. The summed E-state index contributed by atoms with van der Waals surface area (Å²) in [5.74, 6) is 0.746. The van der Waals surface area contributed by atoms with Crippen molar-refractivity contribution in [3.8, 4) is 0 Å². The van der Waals surface area contributed by atoms with Gasteiger partial charge in [0.1, 0.15) is 5.78 Å². The van der Waals surface area contributed by atoms with Gasteiger partial charge in [0.15, 0.2) is 0 Å². The van der Waals surface area contributed by atoms with E-state index in [0.29, 0.717) is 5.75 Å². The van der Waals surface area contributed by atoms with E-state index in [4.69, 9.17) is 0 Å². The molecule has 2 nitrogen and oxygen atoms in total. The maximum absolute atomic E-state index is 10.7. The molecule has 0 saturated carbocycles. The van der Waals surface area contributed by atoms with Crippen molar-refractivity contribution in [2.75, 3.05) is 12.3 Å². The predicted octanol–water partition coefficient (Wildman–Crippen LogP) is 0.483. The topological polar surface area (TPSA) is 29.1 Å². The van der Waals surface area contributed by atoms with Crippen LogP contribution in [0, 0.1) is 0 Å². The smallest absolute Gasteiger partial charge is 0.147 e. The van der Waals surface area contributed by atoms with Crippen LogP contribution in [0.4, 0.5) is 0 Å². The summed E-state index contributed by atoms with van der Waals surface area (Å²) in [7, 11) is 0.